The second-order valence-electron chi connectivity index (χ2n) is 6.28. The molecule has 2 aromatic heterocycles. The summed E-state index contributed by atoms with van der Waals surface area (Å²) in [5.74, 6) is -0.0762. The number of hydrogen-bond donors (Lipinski definition) is 1. The molecule has 1 aromatic carbocycles. The number of amides is 1. The minimum Gasteiger partial charge on any atom is -0.325 e. The fourth-order valence-electron chi connectivity index (χ4n) is 2.67. The standard InChI is InChI=1S/C19H21N5O3S3/c1-4-24(19-20-9-10-28-19)30(26,27)16-7-5-15(6-8-16)23-17(25)12-29-18-21-13(2)11-14(3)22-18/h5-11H,4,12H2,1-3H3,(H,23,25). The molecule has 0 saturated heterocycles. The first kappa shape index (κ1) is 22.2. The first-order valence-corrected chi connectivity index (χ1v) is 12.4. The van der Waals surface area contributed by atoms with Crippen LogP contribution in [0.15, 0.2) is 52.0 Å². The third kappa shape index (κ3) is 5.35. The summed E-state index contributed by atoms with van der Waals surface area (Å²) in [6, 6.07) is 7.95. The van der Waals surface area contributed by atoms with Crippen LogP contribution in [-0.4, -0.2) is 41.6 Å². The number of benzene rings is 1. The van der Waals surface area contributed by atoms with E-state index in [1.807, 2.05) is 19.9 Å². The van der Waals surface area contributed by atoms with Crippen molar-refractivity contribution in [1.82, 2.24) is 15.0 Å². The topological polar surface area (TPSA) is 105 Å². The number of hydrogen-bond acceptors (Lipinski definition) is 8. The smallest absolute Gasteiger partial charge is 0.266 e. The Labute approximate surface area is 183 Å². The number of anilines is 2. The molecule has 0 atom stereocenters. The van der Waals surface area contributed by atoms with Crippen LogP contribution in [0.2, 0.25) is 0 Å². The molecule has 158 valence electrons. The summed E-state index contributed by atoms with van der Waals surface area (Å²) in [4.78, 5) is 25.0. The molecule has 0 aliphatic rings. The molecule has 3 rings (SSSR count). The number of aryl methyl sites for hydroxylation is 2. The molecule has 2 heterocycles. The van der Waals surface area contributed by atoms with Crippen molar-refractivity contribution in [3.8, 4) is 0 Å². The highest BCUT2D eigenvalue weighted by Crippen LogP contribution is 2.26. The van der Waals surface area contributed by atoms with Crippen LogP contribution < -0.4 is 9.62 Å². The highest BCUT2D eigenvalue weighted by molar-refractivity contribution is 7.99. The van der Waals surface area contributed by atoms with Crippen LogP contribution in [-0.2, 0) is 14.8 Å². The van der Waals surface area contributed by atoms with Gasteiger partial charge in [-0.2, -0.15) is 0 Å². The number of thioether (sulfide) groups is 1. The summed E-state index contributed by atoms with van der Waals surface area (Å²) in [5, 5.41) is 5.45. The minimum atomic E-state index is -3.73. The lowest BCUT2D eigenvalue weighted by molar-refractivity contribution is -0.113. The normalized spacial score (nSPS) is 11.3. The predicted octanol–water partition coefficient (Wildman–Crippen LogP) is 3.50. The van der Waals surface area contributed by atoms with Crippen LogP contribution >= 0.6 is 23.1 Å². The van der Waals surface area contributed by atoms with Crippen molar-refractivity contribution in [3.05, 3.63) is 53.3 Å². The molecule has 0 unspecified atom stereocenters. The zero-order chi connectivity index (χ0) is 21.7. The molecule has 0 saturated carbocycles. The van der Waals surface area contributed by atoms with Gasteiger partial charge in [0.15, 0.2) is 10.3 Å². The minimum absolute atomic E-state index is 0.135. The van der Waals surface area contributed by atoms with Crippen LogP contribution in [0.5, 0.6) is 0 Å². The maximum absolute atomic E-state index is 12.9. The lowest BCUT2D eigenvalue weighted by Gasteiger charge is -2.19. The van der Waals surface area contributed by atoms with Gasteiger partial charge in [0.05, 0.1) is 10.6 Å². The molecule has 8 nitrogen and oxygen atoms in total. The van der Waals surface area contributed by atoms with Crippen LogP contribution in [0, 0.1) is 13.8 Å². The number of thiazole rings is 1. The van der Waals surface area contributed by atoms with Crippen molar-refractivity contribution < 1.29 is 13.2 Å². The molecule has 0 fully saturated rings. The number of carbonyl (C=O) groups excluding carboxylic acids is 1. The van der Waals surface area contributed by atoms with Gasteiger partial charge < -0.3 is 5.32 Å². The van der Waals surface area contributed by atoms with Crippen molar-refractivity contribution in [1.29, 1.82) is 0 Å². The molecular weight excluding hydrogens is 442 g/mol. The van der Waals surface area contributed by atoms with Gasteiger partial charge in [-0.25, -0.2) is 27.7 Å². The Morgan fingerprint density at radius 1 is 1.17 bits per heavy atom. The van der Waals surface area contributed by atoms with E-state index in [4.69, 9.17) is 0 Å². The van der Waals surface area contributed by atoms with E-state index in [1.54, 1.807) is 30.6 Å². The molecule has 0 bridgehead atoms. The molecule has 1 N–H and O–H groups in total. The SMILES string of the molecule is CCN(c1nccs1)S(=O)(=O)c1ccc(NC(=O)CSc2nc(C)cc(C)n2)cc1. The number of nitrogens with one attached hydrogen (secondary N) is 1. The monoisotopic (exact) mass is 463 g/mol. The number of rotatable bonds is 8. The van der Waals surface area contributed by atoms with Crippen molar-refractivity contribution >= 4 is 49.8 Å². The number of sulfonamides is 1. The van der Waals surface area contributed by atoms with Crippen molar-refractivity contribution in [2.75, 3.05) is 21.9 Å². The van der Waals surface area contributed by atoms with E-state index >= 15 is 0 Å². The molecule has 0 aliphatic heterocycles. The number of aromatic nitrogens is 3. The second-order valence-corrected chi connectivity index (χ2v) is 9.96. The third-order valence-corrected chi connectivity index (χ3v) is 7.58. The van der Waals surface area contributed by atoms with E-state index in [0.29, 0.717) is 16.0 Å². The molecule has 1 amide bonds. The maximum atomic E-state index is 12.9. The van der Waals surface area contributed by atoms with Crippen molar-refractivity contribution in [2.45, 2.75) is 30.8 Å². The molecule has 0 aliphatic carbocycles. The van der Waals surface area contributed by atoms with E-state index in [-0.39, 0.29) is 23.1 Å². The summed E-state index contributed by atoms with van der Waals surface area (Å²) in [5.41, 5.74) is 2.21. The molecule has 3 aromatic rings. The van der Waals surface area contributed by atoms with Gasteiger partial charge in [-0.05, 0) is 51.1 Å². The average molecular weight is 464 g/mol. The second kappa shape index (κ2) is 9.54. The summed E-state index contributed by atoms with van der Waals surface area (Å²) in [6.45, 7) is 5.78. The Bertz CT molecular complexity index is 1100. The van der Waals surface area contributed by atoms with Crippen molar-refractivity contribution in [2.24, 2.45) is 0 Å². The lowest BCUT2D eigenvalue weighted by Crippen LogP contribution is -2.30. The zero-order valence-corrected chi connectivity index (χ0v) is 19.1. The Hall–Kier alpha value is -2.50. The molecule has 30 heavy (non-hydrogen) atoms. The van der Waals surface area contributed by atoms with Gasteiger partial charge in [0.1, 0.15) is 0 Å². The fourth-order valence-corrected chi connectivity index (χ4v) is 5.78. The average Bonchev–Trinajstić information content (AvgIpc) is 3.21. The summed E-state index contributed by atoms with van der Waals surface area (Å²) < 4.78 is 27.1. The molecular formula is C19H21N5O3S3. The van der Waals surface area contributed by atoms with Gasteiger partial charge >= 0.3 is 0 Å². The fraction of sp³-hybridized carbons (Fsp3) is 0.263. The Balaban J connectivity index is 1.64. The van der Waals surface area contributed by atoms with E-state index < -0.39 is 10.0 Å². The van der Waals surface area contributed by atoms with Gasteiger partial charge in [0.25, 0.3) is 10.0 Å². The van der Waals surface area contributed by atoms with Gasteiger partial charge in [-0.1, -0.05) is 11.8 Å². The number of nitrogens with zero attached hydrogens (tertiary/aromatic N) is 4. The molecule has 11 heteroatoms. The highest BCUT2D eigenvalue weighted by Gasteiger charge is 2.25. The number of carbonyl (C=O) groups is 1. The first-order valence-electron chi connectivity index (χ1n) is 9.07. The van der Waals surface area contributed by atoms with Crippen LogP contribution in [0.4, 0.5) is 10.8 Å². The predicted molar refractivity (Wildman–Crippen MR) is 120 cm³/mol. The Morgan fingerprint density at radius 2 is 1.83 bits per heavy atom. The summed E-state index contributed by atoms with van der Waals surface area (Å²) >= 11 is 2.51. The van der Waals surface area contributed by atoms with E-state index in [1.165, 1.54) is 39.5 Å². The quantitative estimate of drug-likeness (QED) is 0.403. The Morgan fingerprint density at radius 3 is 2.40 bits per heavy atom. The largest absolute Gasteiger partial charge is 0.325 e. The lowest BCUT2D eigenvalue weighted by atomic mass is 10.3. The third-order valence-electron chi connectivity index (χ3n) is 3.94. The van der Waals surface area contributed by atoms with Gasteiger partial charge in [0.2, 0.25) is 5.91 Å². The zero-order valence-electron chi connectivity index (χ0n) is 16.7. The van der Waals surface area contributed by atoms with Gasteiger partial charge in [-0.3, -0.25) is 4.79 Å². The summed E-state index contributed by atoms with van der Waals surface area (Å²) in [7, 11) is -3.73. The van der Waals surface area contributed by atoms with Crippen molar-refractivity contribution in [3.63, 3.8) is 0 Å². The Kier molecular flexibility index (Phi) is 7.06. The van der Waals surface area contributed by atoms with E-state index in [0.717, 1.165) is 11.4 Å². The first-order chi connectivity index (χ1) is 14.3. The van der Waals surface area contributed by atoms with Crippen LogP contribution in [0.1, 0.15) is 18.3 Å². The van der Waals surface area contributed by atoms with Gasteiger partial charge in [0, 0.05) is 35.2 Å². The van der Waals surface area contributed by atoms with E-state index in [9.17, 15) is 13.2 Å². The van der Waals surface area contributed by atoms with Crippen LogP contribution in [0.25, 0.3) is 0 Å². The molecule has 0 spiro atoms. The highest BCUT2D eigenvalue weighted by atomic mass is 32.2. The van der Waals surface area contributed by atoms with Crippen LogP contribution in [0.3, 0.4) is 0 Å². The van der Waals surface area contributed by atoms with Gasteiger partial charge in [-0.15, -0.1) is 11.3 Å². The van der Waals surface area contributed by atoms with E-state index in [2.05, 4.69) is 20.3 Å². The maximum Gasteiger partial charge on any atom is 0.266 e. The summed E-state index contributed by atoms with van der Waals surface area (Å²) in [6.07, 6.45) is 1.57. The molecule has 0 radical (unpaired) electrons.